The molecule has 2 aromatic carbocycles. The van der Waals surface area contributed by atoms with Crippen molar-refractivity contribution in [1.82, 2.24) is 0 Å². The highest BCUT2D eigenvalue weighted by atomic mass is 35.5. The van der Waals surface area contributed by atoms with Gasteiger partial charge in [-0.05, 0) is 24.6 Å². The Morgan fingerprint density at radius 3 is 2.68 bits per heavy atom. The third kappa shape index (κ3) is 5.39. The molecule has 0 radical (unpaired) electrons. The third-order valence-corrected chi connectivity index (χ3v) is 5.29. The van der Waals surface area contributed by atoms with Crippen LogP contribution in [0.2, 0.25) is 5.02 Å². The Morgan fingerprint density at radius 1 is 1.19 bits per heavy atom. The minimum absolute atomic E-state index is 0.114. The third-order valence-electron chi connectivity index (χ3n) is 4.09. The van der Waals surface area contributed by atoms with Crippen LogP contribution in [0.25, 0.3) is 11.1 Å². The molecule has 0 atom stereocenters. The molecule has 1 N–H and O–H groups in total. The maximum absolute atomic E-state index is 12.6. The predicted octanol–water partition coefficient (Wildman–Crippen LogP) is 5.17. The topological polar surface area (TPSA) is 108 Å². The van der Waals surface area contributed by atoms with E-state index in [2.05, 4.69) is 5.32 Å². The molecule has 1 amide bonds. The lowest BCUT2D eigenvalue weighted by molar-refractivity contribution is -0.384. The molecule has 1 heterocycles. The van der Waals surface area contributed by atoms with Crippen LogP contribution in [-0.2, 0) is 9.53 Å². The molecule has 0 bridgehead atoms. The number of carbonyl (C=O) groups excluding carboxylic acids is 2. The molecule has 10 heteroatoms. The number of nitrogens with zero attached hydrogens (tertiary/aromatic N) is 1. The van der Waals surface area contributed by atoms with Gasteiger partial charge in [0.1, 0.15) is 16.3 Å². The van der Waals surface area contributed by atoms with Crippen LogP contribution in [0.4, 0.5) is 10.7 Å². The molecule has 0 saturated carbocycles. The van der Waals surface area contributed by atoms with Crippen molar-refractivity contribution >= 4 is 45.5 Å². The molecule has 3 aromatic rings. The molecule has 0 spiro atoms. The number of carbonyl (C=O) groups is 2. The van der Waals surface area contributed by atoms with Crippen LogP contribution in [0.1, 0.15) is 17.3 Å². The molecular formula is C21H17ClN2O6S. The molecule has 0 fully saturated rings. The quantitative estimate of drug-likeness (QED) is 0.282. The van der Waals surface area contributed by atoms with Crippen LogP contribution >= 0.6 is 22.9 Å². The minimum atomic E-state index is -0.646. The number of nitro benzene ring substituents is 1. The fourth-order valence-electron chi connectivity index (χ4n) is 2.72. The van der Waals surface area contributed by atoms with Gasteiger partial charge in [0.2, 0.25) is 0 Å². The first kappa shape index (κ1) is 22.3. The van der Waals surface area contributed by atoms with Gasteiger partial charge in [0.25, 0.3) is 11.6 Å². The summed E-state index contributed by atoms with van der Waals surface area (Å²) in [5.41, 5.74) is 0.895. The molecule has 160 valence electrons. The first-order valence-corrected chi connectivity index (χ1v) is 10.4. The van der Waals surface area contributed by atoms with Crippen LogP contribution in [0, 0.1) is 10.1 Å². The Hall–Kier alpha value is -3.43. The number of non-ortho nitro benzene ring substituents is 1. The van der Waals surface area contributed by atoms with Gasteiger partial charge in [0.05, 0.1) is 16.6 Å². The number of anilines is 1. The molecular weight excluding hydrogens is 444 g/mol. The number of rotatable bonds is 8. The molecule has 3 rings (SSSR count). The summed E-state index contributed by atoms with van der Waals surface area (Å²) in [6, 6.07) is 12.6. The normalized spacial score (nSPS) is 10.4. The van der Waals surface area contributed by atoms with E-state index in [1.807, 2.05) is 0 Å². The number of halogens is 1. The highest BCUT2D eigenvalue weighted by Gasteiger charge is 2.24. The van der Waals surface area contributed by atoms with E-state index in [4.69, 9.17) is 21.1 Å². The van der Waals surface area contributed by atoms with Crippen LogP contribution < -0.4 is 10.1 Å². The highest BCUT2D eigenvalue weighted by Crippen LogP contribution is 2.37. The fraction of sp³-hybridized carbons (Fsp3) is 0.143. The fourth-order valence-corrected chi connectivity index (χ4v) is 3.89. The van der Waals surface area contributed by atoms with Crippen molar-refractivity contribution in [3.05, 3.63) is 74.6 Å². The number of hydrogen-bond acceptors (Lipinski definition) is 7. The molecule has 31 heavy (non-hydrogen) atoms. The van der Waals surface area contributed by atoms with Crippen molar-refractivity contribution < 1.29 is 24.0 Å². The van der Waals surface area contributed by atoms with Gasteiger partial charge in [-0.25, -0.2) is 4.79 Å². The first-order valence-electron chi connectivity index (χ1n) is 9.11. The van der Waals surface area contributed by atoms with Gasteiger partial charge >= 0.3 is 5.97 Å². The summed E-state index contributed by atoms with van der Waals surface area (Å²) in [4.78, 5) is 35.6. The van der Waals surface area contributed by atoms with Gasteiger partial charge in [-0.2, -0.15) is 0 Å². The number of thiophene rings is 1. The second-order valence-electron chi connectivity index (χ2n) is 6.15. The van der Waals surface area contributed by atoms with Gasteiger partial charge in [-0.3, -0.25) is 14.9 Å². The van der Waals surface area contributed by atoms with E-state index in [1.165, 1.54) is 18.2 Å². The van der Waals surface area contributed by atoms with Crippen LogP contribution in [0.15, 0.2) is 53.9 Å². The molecule has 0 aliphatic rings. The number of para-hydroxylation sites is 1. The number of nitrogens with one attached hydrogen (secondary N) is 1. The SMILES string of the molecule is CCOC(=O)c1c(-c2cccc([N+](=O)[O-])c2)csc1NC(=O)COc1ccccc1Cl. The molecule has 8 nitrogen and oxygen atoms in total. The highest BCUT2D eigenvalue weighted by molar-refractivity contribution is 7.15. The van der Waals surface area contributed by atoms with Crippen LogP contribution in [0.3, 0.4) is 0 Å². The molecule has 0 aliphatic heterocycles. The summed E-state index contributed by atoms with van der Waals surface area (Å²) in [5, 5.41) is 16.0. The molecule has 0 unspecified atom stereocenters. The summed E-state index contributed by atoms with van der Waals surface area (Å²) in [7, 11) is 0. The van der Waals surface area contributed by atoms with Crippen molar-refractivity contribution in [1.29, 1.82) is 0 Å². The molecule has 0 aliphatic carbocycles. The first-order chi connectivity index (χ1) is 14.9. The van der Waals surface area contributed by atoms with E-state index in [9.17, 15) is 19.7 Å². The van der Waals surface area contributed by atoms with Gasteiger partial charge in [-0.15, -0.1) is 11.3 Å². The van der Waals surface area contributed by atoms with Gasteiger partial charge in [0, 0.05) is 23.1 Å². The summed E-state index contributed by atoms with van der Waals surface area (Å²) >= 11 is 7.12. The zero-order valence-electron chi connectivity index (χ0n) is 16.3. The number of hydrogen-bond donors (Lipinski definition) is 1. The molecule has 1 aromatic heterocycles. The van der Waals surface area contributed by atoms with Crippen LogP contribution in [0.5, 0.6) is 5.75 Å². The minimum Gasteiger partial charge on any atom is -0.482 e. The Balaban J connectivity index is 1.86. The number of esters is 1. The zero-order chi connectivity index (χ0) is 22.4. The second kappa shape index (κ2) is 10.1. The second-order valence-corrected chi connectivity index (χ2v) is 7.44. The van der Waals surface area contributed by atoms with Crippen molar-refractivity contribution in [2.75, 3.05) is 18.5 Å². The van der Waals surface area contributed by atoms with E-state index in [0.717, 1.165) is 11.3 Å². The van der Waals surface area contributed by atoms with E-state index < -0.39 is 16.8 Å². The maximum atomic E-state index is 12.6. The van der Waals surface area contributed by atoms with Crippen molar-refractivity contribution in [3.8, 4) is 16.9 Å². The summed E-state index contributed by atoms with van der Waals surface area (Å²) < 4.78 is 10.5. The maximum Gasteiger partial charge on any atom is 0.341 e. The lowest BCUT2D eigenvalue weighted by Gasteiger charge is -2.10. The Bertz CT molecular complexity index is 1130. The van der Waals surface area contributed by atoms with Crippen LogP contribution in [-0.4, -0.2) is 30.0 Å². The number of nitro groups is 1. The summed E-state index contributed by atoms with van der Waals surface area (Å²) in [6.45, 7) is 1.47. The van der Waals surface area contributed by atoms with Crippen molar-refractivity contribution in [2.45, 2.75) is 6.92 Å². The van der Waals surface area contributed by atoms with E-state index in [0.29, 0.717) is 21.9 Å². The smallest absolute Gasteiger partial charge is 0.341 e. The largest absolute Gasteiger partial charge is 0.482 e. The average molecular weight is 461 g/mol. The number of ether oxygens (including phenoxy) is 2. The number of benzene rings is 2. The lowest BCUT2D eigenvalue weighted by Crippen LogP contribution is -2.21. The van der Waals surface area contributed by atoms with Crippen molar-refractivity contribution in [3.63, 3.8) is 0 Å². The average Bonchev–Trinajstić information content (AvgIpc) is 3.17. The summed E-state index contributed by atoms with van der Waals surface area (Å²) in [6.07, 6.45) is 0. The Morgan fingerprint density at radius 2 is 1.97 bits per heavy atom. The summed E-state index contributed by atoms with van der Waals surface area (Å²) in [5.74, 6) is -0.793. The lowest BCUT2D eigenvalue weighted by atomic mass is 10.0. The Labute approximate surface area is 186 Å². The van der Waals surface area contributed by atoms with E-state index in [1.54, 1.807) is 42.6 Å². The van der Waals surface area contributed by atoms with Crippen molar-refractivity contribution in [2.24, 2.45) is 0 Å². The zero-order valence-corrected chi connectivity index (χ0v) is 17.9. The van der Waals surface area contributed by atoms with Gasteiger partial charge in [-0.1, -0.05) is 35.9 Å². The van der Waals surface area contributed by atoms with E-state index >= 15 is 0 Å². The van der Waals surface area contributed by atoms with Gasteiger partial charge in [0.15, 0.2) is 6.61 Å². The monoisotopic (exact) mass is 460 g/mol. The number of amides is 1. The standard InChI is InChI=1S/C21H17ClN2O6S/c1-2-29-21(26)19-15(13-6-5-7-14(10-13)24(27)28)12-31-20(19)23-18(25)11-30-17-9-4-3-8-16(17)22/h3-10,12H,2,11H2,1H3,(H,23,25). The van der Waals surface area contributed by atoms with E-state index in [-0.39, 0.29) is 29.5 Å². The predicted molar refractivity (Wildman–Crippen MR) is 118 cm³/mol. The molecule has 0 saturated heterocycles. The van der Waals surface area contributed by atoms with Gasteiger partial charge < -0.3 is 14.8 Å². The Kier molecular flexibility index (Phi) is 7.22.